The third kappa shape index (κ3) is 5.36. The first-order chi connectivity index (χ1) is 24.2. The SMILES string of the molecule is CCO[C@@H]([C@H]1C[C@@H](C)[C@H]2[C@H](O1)[C@H](O)[C@@]1(C)[C@@H]3CC[C@H]4C(C)(C)[C@@H](O[C@H]5CN(CC(=O)C6CC(F)(F)C6)CCO5)CC[C@@]45C[C@@]35CC[C@]21C)C(C)(C)O. The number of ether oxygens (including phenoxy) is 4. The van der Waals surface area contributed by atoms with Crippen LogP contribution in [0.5, 0.6) is 0 Å². The maximum Gasteiger partial charge on any atom is 0.249 e. The van der Waals surface area contributed by atoms with Gasteiger partial charge in [-0.2, -0.15) is 0 Å². The molecule has 0 bridgehead atoms. The molecule has 8 aliphatic rings. The molecule has 0 aromatic heterocycles. The molecule has 0 unspecified atom stereocenters. The number of alkyl halides is 2. The quantitative estimate of drug-likeness (QED) is 0.273. The van der Waals surface area contributed by atoms with Gasteiger partial charge in [0.05, 0.1) is 49.7 Å². The molecule has 8 rings (SSSR count). The van der Waals surface area contributed by atoms with Gasteiger partial charge in [0, 0.05) is 37.3 Å². The standard InChI is InChI=1S/C42H67F2NO7/c1-9-49-35(37(5,6)48)27-18-24(2)32-33(51-27)34(47)39(8)29-11-10-28-36(3,4)30(12-13-40(28)23-41(29,40)15-14-38(32,39)7)52-31-22-45(16-17-50-31)21-26(46)25-19-42(43,44)20-25/h24-25,27-35,47-48H,9-23H2,1-8H3/t24-,27-,28+,29+,30+,31+,32+,33+,34+,35+,38-,39-,40-,41+/m1/s1. The van der Waals surface area contributed by atoms with Crippen LogP contribution in [0.1, 0.15) is 120 Å². The summed E-state index contributed by atoms with van der Waals surface area (Å²) in [7, 11) is 0. The number of fused-ring (bicyclic) bond motifs is 4. The predicted molar refractivity (Wildman–Crippen MR) is 192 cm³/mol. The molecule has 0 aromatic rings. The van der Waals surface area contributed by atoms with E-state index in [0.29, 0.717) is 44.1 Å². The Balaban J connectivity index is 0.970. The molecule has 2 spiro atoms. The minimum Gasteiger partial charge on any atom is -0.390 e. The van der Waals surface area contributed by atoms with Crippen molar-refractivity contribution in [3.63, 3.8) is 0 Å². The van der Waals surface area contributed by atoms with Crippen LogP contribution in [0.4, 0.5) is 8.78 Å². The van der Waals surface area contributed by atoms with E-state index in [2.05, 4.69) is 34.6 Å². The van der Waals surface area contributed by atoms with E-state index < -0.39 is 35.9 Å². The number of ketones is 1. The lowest BCUT2D eigenvalue weighted by Gasteiger charge is -2.64. The van der Waals surface area contributed by atoms with Gasteiger partial charge in [0.2, 0.25) is 5.92 Å². The summed E-state index contributed by atoms with van der Waals surface area (Å²) in [5.74, 6) is -1.75. The number of Topliss-reactive ketones (excluding diaryl/α,β-unsaturated/α-hetero) is 1. The zero-order valence-electron chi connectivity index (χ0n) is 33.1. The van der Waals surface area contributed by atoms with E-state index in [-0.39, 0.29) is 76.5 Å². The second kappa shape index (κ2) is 12.4. The van der Waals surface area contributed by atoms with Gasteiger partial charge >= 0.3 is 0 Å². The summed E-state index contributed by atoms with van der Waals surface area (Å²) in [5, 5.41) is 23.7. The number of rotatable bonds is 9. The van der Waals surface area contributed by atoms with E-state index in [1.807, 2.05) is 11.8 Å². The van der Waals surface area contributed by atoms with Crippen molar-refractivity contribution >= 4 is 5.78 Å². The number of hydrogen-bond acceptors (Lipinski definition) is 8. The van der Waals surface area contributed by atoms with Gasteiger partial charge in [0.25, 0.3) is 0 Å². The molecule has 8 nitrogen and oxygen atoms in total. The highest BCUT2D eigenvalue weighted by Gasteiger charge is 2.84. The third-order valence-corrected chi connectivity index (χ3v) is 17.5. The second-order valence-electron chi connectivity index (χ2n) is 20.7. The molecule has 6 saturated carbocycles. The van der Waals surface area contributed by atoms with Crippen molar-refractivity contribution in [2.75, 3.05) is 32.8 Å². The van der Waals surface area contributed by atoms with Crippen LogP contribution in [0.15, 0.2) is 0 Å². The molecule has 10 heteroatoms. The summed E-state index contributed by atoms with van der Waals surface area (Å²) >= 11 is 0. The molecule has 2 heterocycles. The molecule has 2 N–H and O–H groups in total. The Hall–Kier alpha value is -0.750. The molecule has 6 aliphatic carbocycles. The molecule has 14 atom stereocenters. The summed E-state index contributed by atoms with van der Waals surface area (Å²) in [4.78, 5) is 14.8. The monoisotopic (exact) mass is 735 g/mol. The van der Waals surface area contributed by atoms with Crippen LogP contribution in [0.3, 0.4) is 0 Å². The Labute approximate surface area is 310 Å². The summed E-state index contributed by atoms with van der Waals surface area (Å²) < 4.78 is 52.8. The van der Waals surface area contributed by atoms with Gasteiger partial charge in [-0.3, -0.25) is 9.69 Å². The molecular formula is C42H67F2NO7. The summed E-state index contributed by atoms with van der Waals surface area (Å²) in [6.45, 7) is 19.9. The van der Waals surface area contributed by atoms with Crippen molar-refractivity contribution in [2.24, 2.45) is 56.7 Å². The van der Waals surface area contributed by atoms with Crippen molar-refractivity contribution < 1.29 is 42.7 Å². The maximum atomic E-state index is 13.4. The van der Waals surface area contributed by atoms with E-state index in [1.54, 1.807) is 13.8 Å². The van der Waals surface area contributed by atoms with Crippen molar-refractivity contribution in [1.29, 1.82) is 0 Å². The zero-order valence-corrected chi connectivity index (χ0v) is 33.1. The van der Waals surface area contributed by atoms with E-state index in [4.69, 9.17) is 18.9 Å². The fraction of sp³-hybridized carbons (Fsp3) is 0.976. The van der Waals surface area contributed by atoms with E-state index in [9.17, 15) is 23.8 Å². The highest BCUT2D eigenvalue weighted by atomic mass is 19.3. The average molecular weight is 736 g/mol. The van der Waals surface area contributed by atoms with Crippen LogP contribution in [0.2, 0.25) is 0 Å². The number of carbonyl (C=O) groups excluding carboxylic acids is 1. The Morgan fingerprint density at radius 2 is 1.73 bits per heavy atom. The van der Waals surface area contributed by atoms with Crippen LogP contribution in [-0.2, 0) is 23.7 Å². The van der Waals surface area contributed by atoms with Crippen molar-refractivity contribution in [2.45, 2.75) is 168 Å². The zero-order chi connectivity index (χ0) is 37.4. The molecular weight excluding hydrogens is 668 g/mol. The number of morpholine rings is 1. The van der Waals surface area contributed by atoms with Crippen molar-refractivity contribution in [1.82, 2.24) is 4.90 Å². The number of carbonyl (C=O) groups is 1. The second-order valence-corrected chi connectivity index (χ2v) is 20.7. The van der Waals surface area contributed by atoms with E-state index in [0.717, 1.165) is 38.5 Å². The topological polar surface area (TPSA) is 97.7 Å². The normalized spacial score (nSPS) is 50.1. The number of aliphatic hydroxyl groups is 2. The molecule has 8 fully saturated rings. The van der Waals surface area contributed by atoms with E-state index >= 15 is 0 Å². The maximum absolute atomic E-state index is 13.4. The highest BCUT2D eigenvalue weighted by molar-refractivity contribution is 5.84. The molecule has 0 radical (unpaired) electrons. The minimum atomic E-state index is -2.69. The van der Waals surface area contributed by atoms with E-state index in [1.165, 1.54) is 12.8 Å². The van der Waals surface area contributed by atoms with Crippen LogP contribution < -0.4 is 0 Å². The lowest BCUT2D eigenvalue weighted by atomic mass is 9.41. The van der Waals surface area contributed by atoms with Gasteiger partial charge in [-0.1, -0.05) is 34.6 Å². The molecule has 2 aliphatic heterocycles. The van der Waals surface area contributed by atoms with Gasteiger partial charge < -0.3 is 29.2 Å². The Bertz CT molecular complexity index is 1400. The van der Waals surface area contributed by atoms with Crippen molar-refractivity contribution in [3.05, 3.63) is 0 Å². The number of hydrogen-bond donors (Lipinski definition) is 2. The first-order valence-corrected chi connectivity index (χ1v) is 20.8. The summed E-state index contributed by atoms with van der Waals surface area (Å²) in [6.07, 6.45) is 6.11. The first-order valence-electron chi connectivity index (χ1n) is 20.8. The van der Waals surface area contributed by atoms with Gasteiger partial charge in [-0.05, 0) is 117 Å². The summed E-state index contributed by atoms with van der Waals surface area (Å²) in [5.41, 5.74) is -0.936. The van der Waals surface area contributed by atoms with Crippen LogP contribution in [-0.4, -0.2) is 102 Å². The Morgan fingerprint density at radius 1 is 1.04 bits per heavy atom. The van der Waals surface area contributed by atoms with Crippen LogP contribution >= 0.6 is 0 Å². The van der Waals surface area contributed by atoms with Gasteiger partial charge in [-0.25, -0.2) is 8.78 Å². The van der Waals surface area contributed by atoms with Gasteiger partial charge in [-0.15, -0.1) is 0 Å². The fourth-order valence-corrected chi connectivity index (χ4v) is 15.0. The number of nitrogens with zero attached hydrogens (tertiary/aromatic N) is 1. The Kier molecular flexibility index (Phi) is 9.08. The predicted octanol–water partition coefficient (Wildman–Crippen LogP) is 6.63. The molecule has 296 valence electrons. The number of aliphatic hydroxyl groups excluding tert-OH is 1. The minimum absolute atomic E-state index is 0.0351. The average Bonchev–Trinajstić information content (AvgIpc) is 3.68. The van der Waals surface area contributed by atoms with Crippen molar-refractivity contribution in [3.8, 4) is 0 Å². The largest absolute Gasteiger partial charge is 0.390 e. The molecule has 2 saturated heterocycles. The fourth-order valence-electron chi connectivity index (χ4n) is 15.0. The third-order valence-electron chi connectivity index (χ3n) is 17.5. The van der Waals surface area contributed by atoms with Gasteiger partial charge in [0.1, 0.15) is 11.9 Å². The lowest BCUT2D eigenvalue weighted by molar-refractivity contribution is -0.248. The smallest absolute Gasteiger partial charge is 0.249 e. The highest BCUT2D eigenvalue weighted by Crippen LogP contribution is 2.89. The lowest BCUT2D eigenvalue weighted by Crippen LogP contribution is -2.60. The molecule has 0 amide bonds. The molecule has 52 heavy (non-hydrogen) atoms. The summed E-state index contributed by atoms with van der Waals surface area (Å²) in [6, 6.07) is 0. The molecule has 0 aromatic carbocycles. The first kappa shape index (κ1) is 38.1. The van der Waals surface area contributed by atoms with Gasteiger partial charge in [0.15, 0.2) is 6.29 Å². The van der Waals surface area contributed by atoms with Crippen LogP contribution in [0.25, 0.3) is 0 Å². The number of halogens is 2. The Morgan fingerprint density at radius 3 is 2.40 bits per heavy atom. The van der Waals surface area contributed by atoms with Crippen LogP contribution in [0, 0.1) is 56.7 Å².